The van der Waals surface area contributed by atoms with Crippen molar-refractivity contribution < 1.29 is 0 Å². The van der Waals surface area contributed by atoms with Gasteiger partial charge in [-0.05, 0) is 12.3 Å². The van der Waals surface area contributed by atoms with E-state index in [1.54, 1.807) is 0 Å². The molecule has 0 spiro atoms. The highest BCUT2D eigenvalue weighted by atomic mass is 32.1. The van der Waals surface area contributed by atoms with Gasteiger partial charge in [-0.2, -0.15) is 0 Å². The molecule has 0 amide bonds. The summed E-state index contributed by atoms with van der Waals surface area (Å²) >= 11 is 5.08. The summed E-state index contributed by atoms with van der Waals surface area (Å²) < 4.78 is 0. The molecule has 0 aromatic heterocycles. The molecule has 0 aromatic rings. The Kier molecular flexibility index (Phi) is 19.7. The fourth-order valence-electron chi connectivity index (χ4n) is 3.12. The minimum absolute atomic E-state index is 0.765. The quantitative estimate of drug-likeness (QED) is 0.221. The zero-order valence-electron chi connectivity index (χ0n) is 15.7. The lowest BCUT2D eigenvalue weighted by molar-refractivity contribution is 0.505. The molecule has 0 nitrogen and oxygen atoms in total. The second-order valence-electron chi connectivity index (χ2n) is 7.36. The van der Waals surface area contributed by atoms with Crippen LogP contribution in [0.3, 0.4) is 0 Å². The Morgan fingerprint density at radius 1 is 0.545 bits per heavy atom. The standard InChI is InChI=1S/C21H43S/c1-3-4-5-6-7-8-9-10-11-12-13-14-15-16-17-18-19-21(2)20-22/h21H,3-20H2,1-2H3. The first-order chi connectivity index (χ1) is 10.8. The topological polar surface area (TPSA) is 0 Å². The molecule has 0 bridgehead atoms. The molecule has 1 radical (unpaired) electrons. The van der Waals surface area contributed by atoms with Gasteiger partial charge < -0.3 is 0 Å². The van der Waals surface area contributed by atoms with Crippen LogP contribution in [0.5, 0.6) is 0 Å². The van der Waals surface area contributed by atoms with Gasteiger partial charge in [0.1, 0.15) is 0 Å². The average Bonchev–Trinajstić information content (AvgIpc) is 2.54. The smallest absolute Gasteiger partial charge is 0.00626 e. The van der Waals surface area contributed by atoms with Gasteiger partial charge in [-0.25, -0.2) is 0 Å². The normalized spacial score (nSPS) is 12.7. The van der Waals surface area contributed by atoms with Gasteiger partial charge in [0.2, 0.25) is 0 Å². The van der Waals surface area contributed by atoms with Gasteiger partial charge in [-0.1, -0.05) is 129 Å². The van der Waals surface area contributed by atoms with Crippen LogP contribution in [0.4, 0.5) is 0 Å². The van der Waals surface area contributed by atoms with Gasteiger partial charge >= 0.3 is 0 Å². The van der Waals surface area contributed by atoms with Crippen LogP contribution in [0.2, 0.25) is 0 Å². The maximum absolute atomic E-state index is 5.08. The third kappa shape index (κ3) is 18.4. The van der Waals surface area contributed by atoms with Crippen molar-refractivity contribution >= 4 is 12.6 Å². The lowest BCUT2D eigenvalue weighted by atomic mass is 10.0. The van der Waals surface area contributed by atoms with E-state index in [0.29, 0.717) is 0 Å². The van der Waals surface area contributed by atoms with E-state index >= 15 is 0 Å². The minimum atomic E-state index is 0.765. The summed E-state index contributed by atoms with van der Waals surface area (Å²) in [5.74, 6) is 1.71. The predicted octanol–water partition coefficient (Wildman–Crippen LogP) is 8.47. The van der Waals surface area contributed by atoms with Crippen LogP contribution in [-0.2, 0) is 0 Å². The second-order valence-corrected chi connectivity index (χ2v) is 7.70. The third-order valence-corrected chi connectivity index (χ3v) is 5.40. The maximum atomic E-state index is 5.08. The number of hydrogen-bond acceptors (Lipinski definition) is 0. The summed E-state index contributed by atoms with van der Waals surface area (Å²) in [6, 6.07) is 0. The largest absolute Gasteiger partial charge is 0.0939 e. The third-order valence-electron chi connectivity index (χ3n) is 4.83. The molecule has 0 saturated heterocycles. The van der Waals surface area contributed by atoms with Crippen molar-refractivity contribution in [2.45, 2.75) is 123 Å². The van der Waals surface area contributed by atoms with Gasteiger partial charge in [-0.3, -0.25) is 0 Å². The van der Waals surface area contributed by atoms with Gasteiger partial charge in [0.15, 0.2) is 0 Å². The van der Waals surface area contributed by atoms with Crippen molar-refractivity contribution in [3.63, 3.8) is 0 Å². The Labute approximate surface area is 147 Å². The molecule has 0 rings (SSSR count). The van der Waals surface area contributed by atoms with Crippen molar-refractivity contribution in [1.82, 2.24) is 0 Å². The Morgan fingerprint density at radius 3 is 1.18 bits per heavy atom. The van der Waals surface area contributed by atoms with Crippen LogP contribution >= 0.6 is 12.6 Å². The molecule has 0 saturated carbocycles. The molecule has 0 fully saturated rings. The van der Waals surface area contributed by atoms with E-state index < -0.39 is 0 Å². The first kappa shape index (κ1) is 22.4. The van der Waals surface area contributed by atoms with Crippen molar-refractivity contribution in [1.29, 1.82) is 0 Å². The Balaban J connectivity index is 2.97. The summed E-state index contributed by atoms with van der Waals surface area (Å²) in [6.07, 6.45) is 24.6. The highest BCUT2D eigenvalue weighted by Crippen LogP contribution is 2.15. The van der Waals surface area contributed by atoms with Crippen LogP contribution in [0, 0.1) is 5.92 Å². The Hall–Kier alpha value is 0.350. The lowest BCUT2D eigenvalue weighted by Crippen LogP contribution is -1.95. The summed E-state index contributed by atoms with van der Waals surface area (Å²) in [4.78, 5) is 0. The van der Waals surface area contributed by atoms with Gasteiger partial charge in [0.05, 0.1) is 0 Å². The predicted molar refractivity (Wildman–Crippen MR) is 106 cm³/mol. The fourth-order valence-corrected chi connectivity index (χ4v) is 3.29. The summed E-state index contributed by atoms with van der Waals surface area (Å²) in [6.45, 7) is 4.58. The van der Waals surface area contributed by atoms with Crippen LogP contribution in [0.15, 0.2) is 0 Å². The average molecular weight is 328 g/mol. The molecule has 1 atom stereocenters. The molecular weight excluding hydrogens is 284 g/mol. The van der Waals surface area contributed by atoms with Crippen molar-refractivity contribution in [2.75, 3.05) is 5.75 Å². The molecule has 0 aromatic carbocycles. The highest BCUT2D eigenvalue weighted by Gasteiger charge is 1.99. The zero-order valence-corrected chi connectivity index (χ0v) is 16.5. The van der Waals surface area contributed by atoms with Gasteiger partial charge in [-0.15, -0.1) is 0 Å². The first-order valence-corrected chi connectivity index (χ1v) is 11.0. The van der Waals surface area contributed by atoms with E-state index in [0.717, 1.165) is 11.7 Å². The molecule has 0 aliphatic rings. The number of unbranched alkanes of at least 4 members (excludes halogenated alkanes) is 15. The van der Waals surface area contributed by atoms with E-state index in [9.17, 15) is 0 Å². The summed E-state index contributed by atoms with van der Waals surface area (Å²) in [5.41, 5.74) is 0. The zero-order chi connectivity index (χ0) is 16.3. The van der Waals surface area contributed by atoms with E-state index in [4.69, 9.17) is 12.6 Å². The second kappa shape index (κ2) is 19.4. The van der Waals surface area contributed by atoms with Crippen LogP contribution in [0.1, 0.15) is 123 Å². The first-order valence-electron chi connectivity index (χ1n) is 10.4. The van der Waals surface area contributed by atoms with E-state index in [1.807, 2.05) is 0 Å². The molecular formula is C21H43S. The van der Waals surface area contributed by atoms with Crippen molar-refractivity contribution in [2.24, 2.45) is 5.92 Å². The van der Waals surface area contributed by atoms with Crippen LogP contribution < -0.4 is 0 Å². The minimum Gasteiger partial charge on any atom is -0.0939 e. The van der Waals surface area contributed by atoms with E-state index in [1.165, 1.54) is 109 Å². The molecule has 0 N–H and O–H groups in total. The summed E-state index contributed by atoms with van der Waals surface area (Å²) in [7, 11) is 0. The molecule has 0 aliphatic heterocycles. The number of hydrogen-bond donors (Lipinski definition) is 0. The van der Waals surface area contributed by atoms with Crippen LogP contribution in [0.25, 0.3) is 0 Å². The van der Waals surface area contributed by atoms with Crippen molar-refractivity contribution in [3.05, 3.63) is 0 Å². The van der Waals surface area contributed by atoms with Crippen molar-refractivity contribution in [3.8, 4) is 0 Å². The Morgan fingerprint density at radius 2 is 0.864 bits per heavy atom. The molecule has 1 unspecified atom stereocenters. The highest BCUT2D eigenvalue weighted by molar-refractivity contribution is 7.80. The molecule has 133 valence electrons. The van der Waals surface area contributed by atoms with Gasteiger partial charge in [0, 0.05) is 5.75 Å². The molecule has 22 heavy (non-hydrogen) atoms. The van der Waals surface area contributed by atoms with Gasteiger partial charge in [0.25, 0.3) is 0 Å². The van der Waals surface area contributed by atoms with E-state index in [-0.39, 0.29) is 0 Å². The Bertz CT molecular complexity index is 190. The fraction of sp³-hybridized carbons (Fsp3) is 1.00. The SMILES string of the molecule is CCCCCCCCCCCCCCCCCCC(C)C[S]. The van der Waals surface area contributed by atoms with E-state index in [2.05, 4.69) is 13.8 Å². The molecule has 0 aliphatic carbocycles. The summed E-state index contributed by atoms with van der Waals surface area (Å²) in [5, 5.41) is 0. The number of rotatable bonds is 18. The molecule has 0 heterocycles. The van der Waals surface area contributed by atoms with Crippen LogP contribution in [-0.4, -0.2) is 5.75 Å². The lowest BCUT2D eigenvalue weighted by Gasteiger charge is -2.06. The monoisotopic (exact) mass is 327 g/mol. The maximum Gasteiger partial charge on any atom is 0.00626 e. The molecule has 1 heteroatoms.